The number of para-hydroxylation sites is 1. The Balaban J connectivity index is 1.71. The first kappa shape index (κ1) is 21.4. The van der Waals surface area contributed by atoms with Crippen LogP contribution in [-0.4, -0.2) is 32.6 Å². The molecule has 3 rings (SSSR count). The molecule has 0 aliphatic carbocycles. The lowest BCUT2D eigenvalue weighted by Crippen LogP contribution is -2.37. The molecule has 0 aliphatic rings. The van der Waals surface area contributed by atoms with E-state index in [4.69, 9.17) is 0 Å². The monoisotopic (exact) mass is 405 g/mol. The minimum absolute atomic E-state index is 0.0487. The summed E-state index contributed by atoms with van der Waals surface area (Å²) in [7, 11) is 0. The minimum atomic E-state index is -0.225. The van der Waals surface area contributed by atoms with Crippen molar-refractivity contribution in [3.63, 3.8) is 0 Å². The van der Waals surface area contributed by atoms with Gasteiger partial charge in [-0.05, 0) is 57.0 Å². The molecule has 0 aliphatic heterocycles. The summed E-state index contributed by atoms with van der Waals surface area (Å²) < 4.78 is 0. The van der Waals surface area contributed by atoms with Gasteiger partial charge in [0.15, 0.2) is 5.78 Å². The van der Waals surface area contributed by atoms with Crippen molar-refractivity contribution < 1.29 is 9.59 Å². The number of carbonyl (C=O) groups is 2. The smallest absolute Gasteiger partial charge is 0.258 e. The number of amides is 1. The second-order valence-electron chi connectivity index (χ2n) is 7.87. The number of Topliss-reactive ketones (excluding diaryl/α,β-unsaturated/α-hetero) is 1. The average molecular weight is 405 g/mol. The molecule has 30 heavy (non-hydrogen) atoms. The maximum Gasteiger partial charge on any atom is 0.258 e. The van der Waals surface area contributed by atoms with Gasteiger partial charge in [-0.25, -0.2) is 4.98 Å². The van der Waals surface area contributed by atoms with E-state index in [0.29, 0.717) is 22.3 Å². The van der Waals surface area contributed by atoms with E-state index in [2.05, 4.69) is 9.97 Å². The fourth-order valence-electron chi connectivity index (χ4n) is 3.35. The SMILES string of the molecule is Cc1ccc(C(=O)CCC(=O)N(Cc2nc3ccccc3c(=O)[nH]2)C(C)C)cc1C. The van der Waals surface area contributed by atoms with Crippen LogP contribution < -0.4 is 5.56 Å². The predicted molar refractivity (Wildman–Crippen MR) is 118 cm³/mol. The molecule has 2 aromatic carbocycles. The van der Waals surface area contributed by atoms with Crippen LogP contribution in [0.5, 0.6) is 0 Å². The summed E-state index contributed by atoms with van der Waals surface area (Å²) in [4.78, 5) is 46.6. The highest BCUT2D eigenvalue weighted by atomic mass is 16.2. The van der Waals surface area contributed by atoms with Crippen molar-refractivity contribution in [1.29, 1.82) is 0 Å². The second kappa shape index (κ2) is 9.03. The van der Waals surface area contributed by atoms with Gasteiger partial charge in [-0.1, -0.05) is 24.3 Å². The molecule has 1 amide bonds. The molecule has 6 heteroatoms. The molecule has 0 radical (unpaired) electrons. The van der Waals surface area contributed by atoms with Gasteiger partial charge in [0.25, 0.3) is 5.56 Å². The zero-order chi connectivity index (χ0) is 21.8. The van der Waals surface area contributed by atoms with Crippen molar-refractivity contribution in [2.24, 2.45) is 0 Å². The molecule has 0 bridgehead atoms. The van der Waals surface area contributed by atoms with E-state index in [0.717, 1.165) is 11.1 Å². The topological polar surface area (TPSA) is 83.1 Å². The molecule has 0 spiro atoms. The summed E-state index contributed by atoms with van der Waals surface area (Å²) in [5.74, 6) is 0.242. The summed E-state index contributed by atoms with van der Waals surface area (Å²) in [6, 6.07) is 12.6. The van der Waals surface area contributed by atoms with Crippen LogP contribution in [0.2, 0.25) is 0 Å². The quantitative estimate of drug-likeness (QED) is 0.604. The molecule has 1 N–H and O–H groups in total. The number of hydrogen-bond donors (Lipinski definition) is 1. The van der Waals surface area contributed by atoms with E-state index >= 15 is 0 Å². The molecule has 156 valence electrons. The highest BCUT2D eigenvalue weighted by Crippen LogP contribution is 2.15. The van der Waals surface area contributed by atoms with Crippen molar-refractivity contribution >= 4 is 22.6 Å². The Hall–Kier alpha value is -3.28. The van der Waals surface area contributed by atoms with Gasteiger partial charge < -0.3 is 9.88 Å². The third kappa shape index (κ3) is 4.82. The Labute approximate surface area is 176 Å². The standard InChI is InChI=1S/C24H27N3O3/c1-15(2)27(14-22-25-20-8-6-5-7-19(20)24(30)26-22)23(29)12-11-21(28)18-10-9-16(3)17(4)13-18/h5-10,13,15H,11-12,14H2,1-4H3,(H,25,26,30). The number of nitrogens with zero attached hydrogens (tertiary/aromatic N) is 2. The van der Waals surface area contributed by atoms with Crippen molar-refractivity contribution in [3.05, 3.63) is 75.3 Å². The van der Waals surface area contributed by atoms with Gasteiger partial charge in [0.2, 0.25) is 5.91 Å². The molecule has 1 aromatic heterocycles. The molecule has 0 saturated carbocycles. The average Bonchev–Trinajstić information content (AvgIpc) is 2.71. The normalized spacial score (nSPS) is 11.1. The number of aromatic nitrogens is 2. The summed E-state index contributed by atoms with van der Waals surface area (Å²) in [5, 5.41) is 0.516. The van der Waals surface area contributed by atoms with E-state index in [1.165, 1.54) is 0 Å². The highest BCUT2D eigenvalue weighted by molar-refractivity contribution is 5.98. The van der Waals surface area contributed by atoms with Crippen LogP contribution in [0, 0.1) is 13.8 Å². The highest BCUT2D eigenvalue weighted by Gasteiger charge is 2.20. The van der Waals surface area contributed by atoms with Gasteiger partial charge in [-0.3, -0.25) is 14.4 Å². The zero-order valence-electron chi connectivity index (χ0n) is 17.9. The summed E-state index contributed by atoms with van der Waals surface area (Å²) in [5.41, 5.74) is 3.18. The lowest BCUT2D eigenvalue weighted by molar-refractivity contribution is -0.133. The Bertz CT molecular complexity index is 1150. The summed E-state index contributed by atoms with van der Waals surface area (Å²) >= 11 is 0. The number of hydrogen-bond acceptors (Lipinski definition) is 4. The van der Waals surface area contributed by atoms with Gasteiger partial charge in [-0.15, -0.1) is 0 Å². The number of carbonyl (C=O) groups excluding carboxylic acids is 2. The Morgan fingerprint density at radius 2 is 1.77 bits per heavy atom. The number of benzene rings is 2. The van der Waals surface area contributed by atoms with Gasteiger partial charge >= 0.3 is 0 Å². The van der Waals surface area contributed by atoms with Crippen LogP contribution in [0.25, 0.3) is 10.9 Å². The van der Waals surface area contributed by atoms with Gasteiger partial charge in [0.1, 0.15) is 5.82 Å². The van der Waals surface area contributed by atoms with Gasteiger partial charge in [-0.2, -0.15) is 0 Å². The molecule has 0 atom stereocenters. The number of ketones is 1. The third-order valence-corrected chi connectivity index (χ3v) is 5.32. The molecular formula is C24H27N3O3. The summed E-state index contributed by atoms with van der Waals surface area (Å²) in [6.45, 7) is 7.96. The lowest BCUT2D eigenvalue weighted by atomic mass is 10.0. The molecule has 1 heterocycles. The number of fused-ring (bicyclic) bond motifs is 1. The first-order chi connectivity index (χ1) is 14.3. The van der Waals surface area contributed by atoms with Crippen molar-refractivity contribution in [2.45, 2.75) is 53.1 Å². The van der Waals surface area contributed by atoms with Crippen LogP contribution in [-0.2, 0) is 11.3 Å². The van der Waals surface area contributed by atoms with Crippen LogP contribution in [0.15, 0.2) is 47.3 Å². The third-order valence-electron chi connectivity index (χ3n) is 5.32. The molecular weight excluding hydrogens is 378 g/mol. The van der Waals surface area contributed by atoms with Crippen LogP contribution in [0.3, 0.4) is 0 Å². The largest absolute Gasteiger partial charge is 0.333 e. The first-order valence-electron chi connectivity index (χ1n) is 10.1. The number of rotatable bonds is 7. The fraction of sp³-hybridized carbons (Fsp3) is 0.333. The predicted octanol–water partition coefficient (Wildman–Crippen LogP) is 3.94. The fourth-order valence-corrected chi connectivity index (χ4v) is 3.35. The van der Waals surface area contributed by atoms with E-state index in [1.807, 2.05) is 45.9 Å². The number of aromatic amines is 1. The summed E-state index contributed by atoms with van der Waals surface area (Å²) in [6.07, 6.45) is 0.258. The number of aryl methyl sites for hydroxylation is 2. The lowest BCUT2D eigenvalue weighted by Gasteiger charge is -2.26. The Morgan fingerprint density at radius 3 is 2.47 bits per heavy atom. The van der Waals surface area contributed by atoms with Crippen molar-refractivity contribution in [1.82, 2.24) is 14.9 Å². The Kier molecular flexibility index (Phi) is 6.45. The first-order valence-corrected chi connectivity index (χ1v) is 10.1. The van der Waals surface area contributed by atoms with Gasteiger partial charge in [0, 0.05) is 24.4 Å². The van der Waals surface area contributed by atoms with E-state index in [-0.39, 0.29) is 42.7 Å². The van der Waals surface area contributed by atoms with Crippen LogP contribution >= 0.6 is 0 Å². The number of nitrogens with one attached hydrogen (secondary N) is 1. The maximum absolute atomic E-state index is 12.8. The molecule has 6 nitrogen and oxygen atoms in total. The maximum atomic E-state index is 12.8. The minimum Gasteiger partial charge on any atom is -0.333 e. The van der Waals surface area contributed by atoms with Crippen molar-refractivity contribution in [2.75, 3.05) is 0 Å². The van der Waals surface area contributed by atoms with E-state index in [1.54, 1.807) is 29.2 Å². The second-order valence-corrected chi connectivity index (χ2v) is 7.87. The molecule has 0 saturated heterocycles. The molecule has 0 fully saturated rings. The zero-order valence-corrected chi connectivity index (χ0v) is 17.9. The van der Waals surface area contributed by atoms with Gasteiger partial charge in [0.05, 0.1) is 17.4 Å². The molecule has 3 aromatic rings. The number of H-pyrrole nitrogens is 1. The molecule has 0 unspecified atom stereocenters. The van der Waals surface area contributed by atoms with Crippen molar-refractivity contribution in [3.8, 4) is 0 Å². The Morgan fingerprint density at radius 1 is 1.03 bits per heavy atom. The van der Waals surface area contributed by atoms with Crippen LogP contribution in [0.4, 0.5) is 0 Å². The van der Waals surface area contributed by atoms with Crippen LogP contribution in [0.1, 0.15) is 54.0 Å². The van der Waals surface area contributed by atoms with E-state index < -0.39 is 0 Å². The van der Waals surface area contributed by atoms with E-state index in [9.17, 15) is 14.4 Å².